The van der Waals surface area contributed by atoms with Gasteiger partial charge in [-0.1, -0.05) is 6.92 Å². The zero-order chi connectivity index (χ0) is 15.1. The zero-order valence-electron chi connectivity index (χ0n) is 11.9. The maximum absolute atomic E-state index is 12.6. The Kier molecular flexibility index (Phi) is 3.29. The first kappa shape index (κ1) is 13.8. The average molecular weight is 304 g/mol. The topological polar surface area (TPSA) is 82.4 Å². The molecule has 3 aromatic rings. The number of rotatable bonds is 4. The molecule has 21 heavy (non-hydrogen) atoms. The molecule has 0 saturated carbocycles. The molecule has 0 saturated heterocycles. The molecule has 0 aromatic carbocycles. The van der Waals surface area contributed by atoms with Gasteiger partial charge in [-0.2, -0.15) is 5.10 Å². The molecule has 0 bridgehead atoms. The highest BCUT2D eigenvalue weighted by Crippen LogP contribution is 2.25. The number of fused-ring (bicyclic) bond motifs is 3. The fourth-order valence-electron chi connectivity index (χ4n) is 2.44. The average Bonchev–Trinajstić information content (AvgIpc) is 3.01. The smallest absolute Gasteiger partial charge is 0.291 e. The van der Waals surface area contributed by atoms with Crippen LogP contribution in [0.5, 0.6) is 0 Å². The molecule has 0 aliphatic carbocycles. The van der Waals surface area contributed by atoms with Gasteiger partial charge in [-0.05, 0) is 30.9 Å². The van der Waals surface area contributed by atoms with Crippen LogP contribution in [0.4, 0.5) is 0 Å². The van der Waals surface area contributed by atoms with Gasteiger partial charge in [0, 0.05) is 11.8 Å². The van der Waals surface area contributed by atoms with Crippen LogP contribution < -0.4 is 11.3 Å². The van der Waals surface area contributed by atoms with Crippen LogP contribution in [0.1, 0.15) is 32.1 Å². The van der Waals surface area contributed by atoms with E-state index in [1.807, 2.05) is 21.9 Å². The van der Waals surface area contributed by atoms with Crippen LogP contribution in [-0.4, -0.2) is 20.1 Å². The molecule has 3 aromatic heterocycles. The fourth-order valence-corrected chi connectivity index (χ4v) is 3.35. The number of hydrogen-bond acceptors (Lipinski definition) is 4. The number of carbonyl (C=O) groups excluding carboxylic acids is 1. The molecular weight excluding hydrogens is 288 g/mol. The van der Waals surface area contributed by atoms with Crippen molar-refractivity contribution in [3.05, 3.63) is 33.7 Å². The van der Waals surface area contributed by atoms with Crippen molar-refractivity contribution < 1.29 is 4.79 Å². The Hall–Kier alpha value is -2.15. The van der Waals surface area contributed by atoms with Crippen LogP contribution >= 0.6 is 11.3 Å². The van der Waals surface area contributed by atoms with Crippen molar-refractivity contribution in [2.75, 3.05) is 0 Å². The summed E-state index contributed by atoms with van der Waals surface area (Å²) in [5.74, 6) is 0.211. The van der Waals surface area contributed by atoms with Crippen LogP contribution in [0, 0.1) is 0 Å². The van der Waals surface area contributed by atoms with Crippen molar-refractivity contribution >= 4 is 33.0 Å². The number of aromatic nitrogens is 3. The molecule has 0 radical (unpaired) electrons. The van der Waals surface area contributed by atoms with Crippen molar-refractivity contribution in [1.82, 2.24) is 14.2 Å². The summed E-state index contributed by atoms with van der Waals surface area (Å²) in [6, 6.07) is 3.06. The van der Waals surface area contributed by atoms with Crippen LogP contribution in [-0.2, 0) is 11.2 Å². The predicted octanol–water partition coefficient (Wildman–Crippen LogP) is 1.71. The van der Waals surface area contributed by atoms with Gasteiger partial charge in [-0.3, -0.25) is 14.0 Å². The Morgan fingerprint density at radius 3 is 2.95 bits per heavy atom. The van der Waals surface area contributed by atoms with Crippen molar-refractivity contribution in [2.24, 2.45) is 5.73 Å². The molecule has 0 aliphatic rings. The van der Waals surface area contributed by atoms with Crippen molar-refractivity contribution in [3.8, 4) is 0 Å². The third kappa shape index (κ3) is 2.04. The molecular formula is C14H16N4O2S. The standard InChI is InChI=1S/C14H16N4O2S/c1-3-4-11-16-18(8(2)12(15)19)13(20)10-7-9-5-6-21-14(9)17(10)11/h5-8H,3-4H2,1-2H3,(H2,15,19)/t8-/m0/s1. The van der Waals surface area contributed by atoms with E-state index in [1.54, 1.807) is 18.3 Å². The van der Waals surface area contributed by atoms with Crippen LogP contribution in [0.25, 0.3) is 15.7 Å². The van der Waals surface area contributed by atoms with Gasteiger partial charge in [0.25, 0.3) is 5.56 Å². The first-order chi connectivity index (χ1) is 10.0. The summed E-state index contributed by atoms with van der Waals surface area (Å²) in [6.45, 7) is 3.64. The van der Waals surface area contributed by atoms with Gasteiger partial charge in [-0.25, -0.2) is 4.68 Å². The largest absolute Gasteiger partial charge is 0.368 e. The molecule has 1 atom stereocenters. The number of aryl methyl sites for hydroxylation is 1. The summed E-state index contributed by atoms with van der Waals surface area (Å²) in [7, 11) is 0. The first-order valence-electron chi connectivity index (χ1n) is 6.84. The third-order valence-corrected chi connectivity index (χ3v) is 4.48. The number of carbonyl (C=O) groups is 1. The number of primary amides is 1. The van der Waals surface area contributed by atoms with Crippen LogP contribution in [0.2, 0.25) is 0 Å². The first-order valence-corrected chi connectivity index (χ1v) is 7.72. The number of nitrogens with zero attached hydrogens (tertiary/aromatic N) is 3. The highest BCUT2D eigenvalue weighted by Gasteiger charge is 2.20. The molecule has 1 amide bonds. The minimum atomic E-state index is -0.758. The fraction of sp³-hybridized carbons (Fsp3) is 0.357. The summed E-state index contributed by atoms with van der Waals surface area (Å²) in [5, 5.41) is 7.39. The minimum Gasteiger partial charge on any atom is -0.368 e. The van der Waals surface area contributed by atoms with E-state index in [4.69, 9.17) is 5.73 Å². The molecule has 6 nitrogen and oxygen atoms in total. The molecule has 7 heteroatoms. The van der Waals surface area contributed by atoms with Gasteiger partial charge >= 0.3 is 0 Å². The Morgan fingerprint density at radius 1 is 1.52 bits per heavy atom. The SMILES string of the molecule is CCCc1nn([C@@H](C)C(N)=O)c(=O)c2cc3ccsc3n12. The second-order valence-electron chi connectivity index (χ2n) is 5.04. The normalized spacial score (nSPS) is 13.0. The summed E-state index contributed by atoms with van der Waals surface area (Å²) in [6.07, 6.45) is 1.63. The summed E-state index contributed by atoms with van der Waals surface area (Å²) < 4.78 is 3.10. The predicted molar refractivity (Wildman–Crippen MR) is 82.7 cm³/mol. The van der Waals surface area contributed by atoms with E-state index in [9.17, 15) is 9.59 Å². The van der Waals surface area contributed by atoms with Crippen molar-refractivity contribution in [2.45, 2.75) is 32.7 Å². The lowest BCUT2D eigenvalue weighted by molar-refractivity contribution is -0.121. The lowest BCUT2D eigenvalue weighted by Crippen LogP contribution is -2.35. The molecule has 0 fully saturated rings. The molecule has 2 N–H and O–H groups in total. The molecule has 3 rings (SSSR count). The highest BCUT2D eigenvalue weighted by molar-refractivity contribution is 7.16. The van der Waals surface area contributed by atoms with E-state index >= 15 is 0 Å². The molecule has 110 valence electrons. The van der Waals surface area contributed by atoms with E-state index in [2.05, 4.69) is 12.0 Å². The lowest BCUT2D eigenvalue weighted by Gasteiger charge is -2.13. The minimum absolute atomic E-state index is 0.287. The Labute approximate surface area is 124 Å². The number of hydrogen-bond donors (Lipinski definition) is 1. The van der Waals surface area contributed by atoms with E-state index in [0.29, 0.717) is 5.52 Å². The van der Waals surface area contributed by atoms with Gasteiger partial charge in [0.1, 0.15) is 22.2 Å². The van der Waals surface area contributed by atoms with Gasteiger partial charge < -0.3 is 5.73 Å². The van der Waals surface area contributed by atoms with Crippen LogP contribution in [0.3, 0.4) is 0 Å². The monoisotopic (exact) mass is 304 g/mol. The molecule has 3 heterocycles. The molecule has 0 spiro atoms. The van der Waals surface area contributed by atoms with Crippen molar-refractivity contribution in [3.63, 3.8) is 0 Å². The number of thiophene rings is 1. The summed E-state index contributed by atoms with van der Waals surface area (Å²) in [5.41, 5.74) is 5.57. The summed E-state index contributed by atoms with van der Waals surface area (Å²) >= 11 is 1.58. The summed E-state index contributed by atoms with van der Waals surface area (Å²) in [4.78, 5) is 25.0. The highest BCUT2D eigenvalue weighted by atomic mass is 32.1. The number of nitrogens with two attached hydrogens (primary N) is 1. The van der Waals surface area contributed by atoms with E-state index in [-0.39, 0.29) is 5.56 Å². The van der Waals surface area contributed by atoms with E-state index < -0.39 is 11.9 Å². The number of amides is 1. The maximum atomic E-state index is 12.6. The van der Waals surface area contributed by atoms with Gasteiger partial charge in [-0.15, -0.1) is 11.3 Å². The lowest BCUT2D eigenvalue weighted by atomic mass is 10.3. The van der Waals surface area contributed by atoms with E-state index in [0.717, 1.165) is 28.9 Å². The zero-order valence-corrected chi connectivity index (χ0v) is 12.7. The molecule has 0 aliphatic heterocycles. The van der Waals surface area contributed by atoms with E-state index in [1.165, 1.54) is 4.68 Å². The Morgan fingerprint density at radius 2 is 2.29 bits per heavy atom. The van der Waals surface area contributed by atoms with Crippen molar-refractivity contribution in [1.29, 1.82) is 0 Å². The van der Waals surface area contributed by atoms with Crippen LogP contribution in [0.15, 0.2) is 22.3 Å². The maximum Gasteiger partial charge on any atom is 0.291 e. The Balaban J connectivity index is 2.40. The second-order valence-corrected chi connectivity index (χ2v) is 5.93. The Bertz CT molecular complexity index is 890. The quantitative estimate of drug-likeness (QED) is 0.796. The van der Waals surface area contributed by atoms with Gasteiger partial charge in [0.2, 0.25) is 5.91 Å². The second kappa shape index (κ2) is 5.00. The third-order valence-electron chi connectivity index (χ3n) is 3.57. The molecule has 0 unspecified atom stereocenters. The van der Waals surface area contributed by atoms with Gasteiger partial charge in [0.15, 0.2) is 0 Å². The van der Waals surface area contributed by atoms with Gasteiger partial charge in [0.05, 0.1) is 0 Å².